The van der Waals surface area contributed by atoms with Gasteiger partial charge < -0.3 is 10.4 Å². The molecule has 0 spiro atoms. The van der Waals surface area contributed by atoms with Gasteiger partial charge >= 0.3 is 0 Å². The van der Waals surface area contributed by atoms with Gasteiger partial charge in [-0.3, -0.25) is 9.69 Å². The van der Waals surface area contributed by atoms with E-state index in [9.17, 15) is 9.90 Å². The fraction of sp³-hybridized carbons (Fsp3) is 0.786. The summed E-state index contributed by atoms with van der Waals surface area (Å²) >= 11 is 1.57. The molecule has 1 aliphatic heterocycles. The maximum absolute atomic E-state index is 12.0. The van der Waals surface area contributed by atoms with Crippen LogP contribution in [-0.2, 0) is 4.79 Å². The number of hydrogen-bond donors (Lipinski definition) is 2. The number of aliphatic hydroxyl groups is 1. The maximum atomic E-state index is 12.0. The number of hydrogen-bond acceptors (Lipinski definition) is 4. The van der Waals surface area contributed by atoms with Crippen LogP contribution < -0.4 is 5.32 Å². The monoisotopic (exact) mass is 284 g/mol. The molecule has 0 aromatic rings. The van der Waals surface area contributed by atoms with Gasteiger partial charge in [-0.25, -0.2) is 0 Å². The molecular formula is C14H24N2O2S. The third kappa shape index (κ3) is 5.85. The molecule has 0 bridgehead atoms. The second kappa shape index (κ2) is 7.78. The number of carbonyl (C=O) groups is 1. The van der Waals surface area contributed by atoms with Crippen LogP contribution in [0.2, 0.25) is 0 Å². The van der Waals surface area contributed by atoms with Crippen LogP contribution in [0, 0.1) is 18.3 Å². The fourth-order valence-corrected chi connectivity index (χ4v) is 2.99. The molecule has 1 heterocycles. The van der Waals surface area contributed by atoms with Crippen molar-refractivity contribution < 1.29 is 9.90 Å². The Kier molecular flexibility index (Phi) is 6.70. The van der Waals surface area contributed by atoms with E-state index in [-0.39, 0.29) is 11.8 Å². The van der Waals surface area contributed by atoms with E-state index in [1.165, 1.54) is 0 Å². The summed E-state index contributed by atoms with van der Waals surface area (Å²) in [6.45, 7) is 4.49. The molecule has 0 radical (unpaired) electrons. The normalized spacial score (nSPS) is 20.5. The first-order valence-electron chi connectivity index (χ1n) is 6.63. The summed E-state index contributed by atoms with van der Waals surface area (Å²) in [5.74, 6) is 3.36. The lowest BCUT2D eigenvalue weighted by Crippen LogP contribution is -2.46. The van der Waals surface area contributed by atoms with Crippen molar-refractivity contribution in [3.63, 3.8) is 0 Å². The first-order valence-corrected chi connectivity index (χ1v) is 8.03. The summed E-state index contributed by atoms with van der Waals surface area (Å²) in [6.07, 6.45) is 8.91. The van der Waals surface area contributed by atoms with Gasteiger partial charge in [0, 0.05) is 18.2 Å². The third-order valence-electron chi connectivity index (χ3n) is 3.37. The predicted octanol–water partition coefficient (Wildman–Crippen LogP) is 0.562. The minimum atomic E-state index is -0.834. The van der Waals surface area contributed by atoms with Crippen LogP contribution in [0.5, 0.6) is 0 Å². The van der Waals surface area contributed by atoms with E-state index in [0.717, 1.165) is 25.9 Å². The van der Waals surface area contributed by atoms with Crippen LogP contribution in [0.25, 0.3) is 0 Å². The second-order valence-corrected chi connectivity index (χ2v) is 6.27. The average Bonchev–Trinajstić information content (AvgIpc) is 2.37. The van der Waals surface area contributed by atoms with Gasteiger partial charge in [-0.05, 0) is 39.1 Å². The van der Waals surface area contributed by atoms with Crippen molar-refractivity contribution in [2.75, 3.05) is 38.2 Å². The van der Waals surface area contributed by atoms with E-state index in [4.69, 9.17) is 6.42 Å². The zero-order chi connectivity index (χ0) is 14.3. The SMILES string of the molecule is C#CCN1CCC(C(=O)NCC(C)(O)CSC)CC1. The molecule has 2 N–H and O–H groups in total. The number of thioether (sulfide) groups is 1. The molecule has 108 valence electrons. The highest BCUT2D eigenvalue weighted by Crippen LogP contribution is 2.17. The average molecular weight is 284 g/mol. The lowest BCUT2D eigenvalue weighted by molar-refractivity contribution is -0.127. The molecule has 19 heavy (non-hydrogen) atoms. The van der Waals surface area contributed by atoms with Crippen molar-refractivity contribution in [3.05, 3.63) is 0 Å². The Morgan fingerprint density at radius 3 is 2.74 bits per heavy atom. The van der Waals surface area contributed by atoms with E-state index in [2.05, 4.69) is 16.1 Å². The minimum absolute atomic E-state index is 0.0547. The van der Waals surface area contributed by atoms with E-state index in [1.807, 2.05) is 6.26 Å². The second-order valence-electron chi connectivity index (χ2n) is 5.40. The largest absolute Gasteiger partial charge is 0.387 e. The third-order valence-corrected chi connectivity index (χ3v) is 4.28. The molecular weight excluding hydrogens is 260 g/mol. The van der Waals surface area contributed by atoms with Gasteiger partial charge in [-0.15, -0.1) is 6.42 Å². The number of amides is 1. The number of carbonyl (C=O) groups excluding carboxylic acids is 1. The molecule has 1 aliphatic rings. The molecule has 1 fully saturated rings. The summed E-state index contributed by atoms with van der Waals surface area (Å²) in [4.78, 5) is 14.2. The van der Waals surface area contributed by atoms with Crippen molar-refractivity contribution in [3.8, 4) is 12.3 Å². The van der Waals surface area contributed by atoms with Crippen molar-refractivity contribution in [2.24, 2.45) is 5.92 Å². The molecule has 5 heteroatoms. The first-order chi connectivity index (χ1) is 8.98. The Hall–Kier alpha value is -0.700. The van der Waals surface area contributed by atoms with Crippen LogP contribution in [0.3, 0.4) is 0 Å². The smallest absolute Gasteiger partial charge is 0.223 e. The van der Waals surface area contributed by atoms with Crippen LogP contribution in [0.1, 0.15) is 19.8 Å². The summed E-state index contributed by atoms with van der Waals surface area (Å²) in [7, 11) is 0. The Morgan fingerprint density at radius 1 is 1.58 bits per heavy atom. The quantitative estimate of drug-likeness (QED) is 0.700. The highest BCUT2D eigenvalue weighted by Gasteiger charge is 2.26. The number of rotatable bonds is 6. The van der Waals surface area contributed by atoms with Crippen LogP contribution >= 0.6 is 11.8 Å². The zero-order valence-corrected chi connectivity index (χ0v) is 12.6. The topological polar surface area (TPSA) is 52.6 Å². The van der Waals surface area contributed by atoms with E-state index >= 15 is 0 Å². The Bertz CT molecular complexity index is 331. The molecule has 4 nitrogen and oxygen atoms in total. The number of likely N-dealkylation sites (tertiary alicyclic amines) is 1. The molecule has 1 unspecified atom stereocenters. The first kappa shape index (κ1) is 16.4. The number of piperidine rings is 1. The van der Waals surface area contributed by atoms with Crippen LogP contribution in [0.4, 0.5) is 0 Å². The summed E-state index contributed by atoms with van der Waals surface area (Å²) in [6, 6.07) is 0. The van der Waals surface area contributed by atoms with Gasteiger partial charge in [0.25, 0.3) is 0 Å². The van der Waals surface area contributed by atoms with Crippen molar-refractivity contribution >= 4 is 17.7 Å². The Balaban J connectivity index is 2.30. The van der Waals surface area contributed by atoms with Gasteiger partial charge in [-0.2, -0.15) is 11.8 Å². The van der Waals surface area contributed by atoms with Gasteiger partial charge in [-0.1, -0.05) is 5.92 Å². The standard InChI is InChI=1S/C14H24N2O2S/c1-4-7-16-8-5-12(6-9-16)13(17)15-10-14(2,18)11-19-3/h1,12,18H,5-11H2,2-3H3,(H,15,17). The molecule has 1 atom stereocenters. The van der Waals surface area contributed by atoms with Crippen molar-refractivity contribution in [1.82, 2.24) is 10.2 Å². The molecule has 0 aromatic carbocycles. The van der Waals surface area contributed by atoms with Crippen LogP contribution in [0.15, 0.2) is 0 Å². The van der Waals surface area contributed by atoms with Gasteiger partial charge in [0.2, 0.25) is 5.91 Å². The number of nitrogens with zero attached hydrogens (tertiary/aromatic N) is 1. The lowest BCUT2D eigenvalue weighted by atomic mass is 9.95. The summed E-state index contributed by atoms with van der Waals surface area (Å²) in [5.41, 5.74) is -0.834. The zero-order valence-electron chi connectivity index (χ0n) is 11.8. The Labute approximate surface area is 120 Å². The molecule has 1 rings (SSSR count). The molecule has 0 saturated carbocycles. The Morgan fingerprint density at radius 2 is 2.21 bits per heavy atom. The molecule has 0 aliphatic carbocycles. The maximum Gasteiger partial charge on any atom is 0.223 e. The molecule has 0 aromatic heterocycles. The minimum Gasteiger partial charge on any atom is -0.387 e. The lowest BCUT2D eigenvalue weighted by Gasteiger charge is -2.30. The van der Waals surface area contributed by atoms with E-state index < -0.39 is 5.60 Å². The van der Waals surface area contributed by atoms with Crippen LogP contribution in [-0.4, -0.2) is 59.7 Å². The summed E-state index contributed by atoms with van der Waals surface area (Å²) < 4.78 is 0. The van der Waals surface area contributed by atoms with Crippen molar-refractivity contribution in [1.29, 1.82) is 0 Å². The number of terminal acetylenes is 1. The van der Waals surface area contributed by atoms with Gasteiger partial charge in [0.15, 0.2) is 0 Å². The van der Waals surface area contributed by atoms with E-state index in [0.29, 0.717) is 18.8 Å². The highest BCUT2D eigenvalue weighted by molar-refractivity contribution is 7.98. The highest BCUT2D eigenvalue weighted by atomic mass is 32.2. The van der Waals surface area contributed by atoms with Crippen molar-refractivity contribution in [2.45, 2.75) is 25.4 Å². The summed E-state index contributed by atoms with van der Waals surface area (Å²) in [5, 5.41) is 12.9. The number of nitrogens with one attached hydrogen (secondary N) is 1. The fourth-order valence-electron chi connectivity index (χ4n) is 2.27. The molecule has 1 saturated heterocycles. The molecule has 1 amide bonds. The van der Waals surface area contributed by atoms with Gasteiger partial charge in [0.05, 0.1) is 12.1 Å². The van der Waals surface area contributed by atoms with E-state index in [1.54, 1.807) is 18.7 Å². The predicted molar refractivity (Wildman–Crippen MR) is 80.0 cm³/mol. The van der Waals surface area contributed by atoms with Gasteiger partial charge in [0.1, 0.15) is 0 Å².